The fourth-order valence-electron chi connectivity index (χ4n) is 11.0. The summed E-state index contributed by atoms with van der Waals surface area (Å²) < 4.78 is 15.6. The van der Waals surface area contributed by atoms with E-state index in [1.54, 1.807) is 0 Å². The summed E-state index contributed by atoms with van der Waals surface area (Å²) in [6.07, 6.45) is 0. The van der Waals surface area contributed by atoms with Crippen molar-refractivity contribution in [2.24, 2.45) is 0 Å². The molecule has 0 unspecified atom stereocenters. The number of nitrogens with zero attached hydrogens (tertiary/aromatic N) is 4. The van der Waals surface area contributed by atoms with Gasteiger partial charge in [-0.05, 0) is 117 Å². The standard InChI is InChI=1S/C69H42N4O2/c1-4-15-43(16-5-1)45-27-29-47(30-28-45)68-70-67(46-19-8-3-9-20-46)71-69(72-68)52-40-56(66-55-24-11-13-26-62(55)75-65(66)41-52)51-22-14-21-48(37-51)50-32-35-63-58(39-50)59-42-53(33-36-64(59)74-63)73-60-25-12-10-23-54(60)57-38-49(31-34-61(57)73)44-17-6-2-7-18-44/h1-42H. The summed E-state index contributed by atoms with van der Waals surface area (Å²) in [6.45, 7) is 0. The average Bonchev–Trinajstić information content (AvgIpc) is 4.17. The maximum Gasteiger partial charge on any atom is 0.164 e. The lowest BCUT2D eigenvalue weighted by Gasteiger charge is -2.12. The first-order valence-corrected chi connectivity index (χ1v) is 25.2. The molecule has 0 amide bonds. The maximum absolute atomic E-state index is 6.68. The Balaban J connectivity index is 0.851. The van der Waals surface area contributed by atoms with Gasteiger partial charge in [0.1, 0.15) is 22.3 Å². The van der Waals surface area contributed by atoms with E-state index in [2.05, 4.69) is 211 Å². The van der Waals surface area contributed by atoms with E-state index in [0.717, 1.165) is 111 Å². The zero-order valence-electron chi connectivity index (χ0n) is 40.4. The molecule has 0 aliphatic heterocycles. The summed E-state index contributed by atoms with van der Waals surface area (Å²) in [6, 6.07) is 89.4. The van der Waals surface area contributed by atoms with Crippen molar-refractivity contribution < 1.29 is 8.83 Å². The lowest BCUT2D eigenvalue weighted by Crippen LogP contribution is -2.00. The third-order valence-corrected chi connectivity index (χ3v) is 14.7. The summed E-state index contributed by atoms with van der Waals surface area (Å²) in [5, 5.41) is 6.63. The average molecular weight is 959 g/mol. The van der Waals surface area contributed by atoms with Crippen LogP contribution in [0.5, 0.6) is 0 Å². The molecule has 0 atom stereocenters. The minimum absolute atomic E-state index is 0.556. The SMILES string of the molecule is c1ccc(-c2ccc(-c3nc(-c4ccccc4)nc(-c4cc(-c5cccc(-c6ccc7oc8ccc(-n9c%10ccccc%10c%10cc(-c%11ccccc%11)ccc%109)cc8c7c6)c5)c5c(c4)oc4ccccc45)n3)cc2)cc1. The molecule has 0 bridgehead atoms. The van der Waals surface area contributed by atoms with Crippen LogP contribution < -0.4 is 0 Å². The lowest BCUT2D eigenvalue weighted by molar-refractivity contribution is 0.668. The molecule has 0 radical (unpaired) electrons. The molecule has 350 valence electrons. The van der Waals surface area contributed by atoms with Crippen molar-refractivity contribution in [3.63, 3.8) is 0 Å². The number of benzene rings is 11. The molecule has 75 heavy (non-hydrogen) atoms. The van der Waals surface area contributed by atoms with Crippen LogP contribution in [-0.2, 0) is 0 Å². The Kier molecular flexibility index (Phi) is 9.78. The second-order valence-corrected chi connectivity index (χ2v) is 19.1. The third-order valence-electron chi connectivity index (χ3n) is 14.7. The molecule has 0 spiro atoms. The lowest BCUT2D eigenvalue weighted by atomic mass is 9.93. The Morgan fingerprint density at radius 3 is 1.48 bits per heavy atom. The molecule has 11 aromatic carbocycles. The van der Waals surface area contributed by atoms with E-state index in [1.165, 1.54) is 21.9 Å². The van der Waals surface area contributed by atoms with Crippen molar-refractivity contribution in [2.45, 2.75) is 0 Å². The monoisotopic (exact) mass is 958 g/mol. The van der Waals surface area contributed by atoms with Gasteiger partial charge in [0.15, 0.2) is 17.5 Å². The van der Waals surface area contributed by atoms with Crippen molar-refractivity contribution in [2.75, 3.05) is 0 Å². The van der Waals surface area contributed by atoms with E-state index in [9.17, 15) is 0 Å². The second kappa shape index (κ2) is 17.3. The summed E-state index contributed by atoms with van der Waals surface area (Å²) >= 11 is 0. The first-order valence-electron chi connectivity index (χ1n) is 25.2. The van der Waals surface area contributed by atoms with Crippen molar-refractivity contribution in [3.8, 4) is 84.4 Å². The van der Waals surface area contributed by atoms with Crippen LogP contribution >= 0.6 is 0 Å². The van der Waals surface area contributed by atoms with Gasteiger partial charge in [-0.3, -0.25) is 0 Å². The molecule has 6 nitrogen and oxygen atoms in total. The van der Waals surface area contributed by atoms with Crippen LogP contribution in [-0.4, -0.2) is 19.5 Å². The largest absolute Gasteiger partial charge is 0.456 e. The number of fused-ring (bicyclic) bond motifs is 9. The van der Waals surface area contributed by atoms with Crippen LogP contribution in [0.2, 0.25) is 0 Å². The van der Waals surface area contributed by atoms with Crippen molar-refractivity contribution in [1.29, 1.82) is 0 Å². The van der Waals surface area contributed by atoms with Gasteiger partial charge in [0.25, 0.3) is 0 Å². The van der Waals surface area contributed by atoms with Crippen LogP contribution in [0, 0.1) is 0 Å². The van der Waals surface area contributed by atoms with E-state index in [1.807, 2.05) is 48.5 Å². The summed E-state index contributed by atoms with van der Waals surface area (Å²) in [7, 11) is 0. The highest BCUT2D eigenvalue weighted by atomic mass is 16.3. The van der Waals surface area contributed by atoms with Crippen LogP contribution in [0.4, 0.5) is 0 Å². The molecule has 0 saturated heterocycles. The zero-order chi connectivity index (χ0) is 49.4. The molecular weight excluding hydrogens is 917 g/mol. The number of para-hydroxylation sites is 2. The molecule has 0 N–H and O–H groups in total. The van der Waals surface area contributed by atoms with E-state index >= 15 is 0 Å². The Morgan fingerprint density at radius 1 is 0.253 bits per heavy atom. The number of hydrogen-bond acceptors (Lipinski definition) is 5. The Labute approximate surface area is 431 Å². The first-order chi connectivity index (χ1) is 37.1. The van der Waals surface area contributed by atoms with Gasteiger partial charge in [-0.15, -0.1) is 0 Å². The molecule has 6 heteroatoms. The number of hydrogen-bond donors (Lipinski definition) is 0. The third kappa shape index (κ3) is 7.30. The van der Waals surface area contributed by atoms with Crippen LogP contribution in [0.3, 0.4) is 0 Å². The predicted molar refractivity (Wildman–Crippen MR) is 307 cm³/mol. The normalized spacial score (nSPS) is 11.7. The smallest absolute Gasteiger partial charge is 0.164 e. The molecule has 0 saturated carbocycles. The van der Waals surface area contributed by atoms with Gasteiger partial charge in [0.05, 0.1) is 11.0 Å². The molecule has 15 aromatic rings. The first kappa shape index (κ1) is 42.5. The van der Waals surface area contributed by atoms with E-state index in [-0.39, 0.29) is 0 Å². The Morgan fingerprint density at radius 2 is 0.720 bits per heavy atom. The van der Waals surface area contributed by atoms with Crippen molar-refractivity contribution in [1.82, 2.24) is 19.5 Å². The van der Waals surface area contributed by atoms with Crippen molar-refractivity contribution >= 4 is 65.7 Å². The molecule has 4 aromatic heterocycles. The van der Waals surface area contributed by atoms with Gasteiger partial charge >= 0.3 is 0 Å². The van der Waals surface area contributed by atoms with E-state index in [4.69, 9.17) is 23.8 Å². The van der Waals surface area contributed by atoms with Gasteiger partial charge in [-0.1, -0.05) is 182 Å². The highest BCUT2D eigenvalue weighted by Gasteiger charge is 2.21. The van der Waals surface area contributed by atoms with Gasteiger partial charge in [0.2, 0.25) is 0 Å². The molecule has 4 heterocycles. The van der Waals surface area contributed by atoms with Crippen LogP contribution in [0.25, 0.3) is 150 Å². The highest BCUT2D eigenvalue weighted by molar-refractivity contribution is 6.15. The Hall–Kier alpha value is -10.2. The summed E-state index contributed by atoms with van der Waals surface area (Å²) in [5.41, 5.74) is 18.2. The maximum atomic E-state index is 6.68. The molecule has 15 rings (SSSR count). The highest BCUT2D eigenvalue weighted by Crippen LogP contribution is 2.43. The molecule has 0 aliphatic carbocycles. The van der Waals surface area contributed by atoms with Gasteiger partial charge in [-0.2, -0.15) is 0 Å². The summed E-state index contributed by atoms with van der Waals surface area (Å²) in [4.78, 5) is 15.4. The van der Waals surface area contributed by atoms with Gasteiger partial charge in [0, 0.05) is 54.7 Å². The van der Waals surface area contributed by atoms with E-state index in [0.29, 0.717) is 17.5 Å². The van der Waals surface area contributed by atoms with Gasteiger partial charge < -0.3 is 13.4 Å². The topological polar surface area (TPSA) is 69.9 Å². The molecular formula is C69H42N4O2. The fraction of sp³-hybridized carbons (Fsp3) is 0. The zero-order valence-corrected chi connectivity index (χ0v) is 40.4. The molecule has 0 aliphatic rings. The fourth-order valence-corrected chi connectivity index (χ4v) is 11.0. The number of aromatic nitrogens is 4. The van der Waals surface area contributed by atoms with Gasteiger partial charge in [-0.25, -0.2) is 15.0 Å². The van der Waals surface area contributed by atoms with Crippen molar-refractivity contribution in [3.05, 3.63) is 255 Å². The predicted octanol–water partition coefficient (Wildman–Crippen LogP) is 18.4. The van der Waals surface area contributed by atoms with Crippen LogP contribution in [0.15, 0.2) is 264 Å². The number of furan rings is 2. The Bertz CT molecular complexity index is 4690. The van der Waals surface area contributed by atoms with E-state index < -0.39 is 0 Å². The van der Waals surface area contributed by atoms with Crippen LogP contribution in [0.1, 0.15) is 0 Å². The number of rotatable bonds is 8. The quantitative estimate of drug-likeness (QED) is 0.152. The molecule has 0 fully saturated rings. The minimum atomic E-state index is 0.556. The minimum Gasteiger partial charge on any atom is -0.456 e. The summed E-state index contributed by atoms with van der Waals surface area (Å²) in [5.74, 6) is 1.74. The second-order valence-electron chi connectivity index (χ2n) is 19.1.